The Morgan fingerprint density at radius 1 is 1.16 bits per heavy atom. The number of pyridine rings is 1. The zero-order chi connectivity index (χ0) is 34.8. The fourth-order valence-electron chi connectivity index (χ4n) is 6.02. The monoisotopic (exact) mass is 707 g/mol. The molecule has 252 valence electrons. The number of methoxy groups -OCH3 is 1. The minimum absolute atomic E-state index is 0.0217. The number of hydrogen-bond donors (Lipinski definition) is 3. The Morgan fingerprint density at radius 3 is 2.63 bits per heavy atom. The third kappa shape index (κ3) is 5.53. The van der Waals surface area contributed by atoms with Crippen LogP contribution in [0.3, 0.4) is 0 Å². The first-order valence-corrected chi connectivity index (χ1v) is 16.1. The van der Waals surface area contributed by atoms with Crippen molar-refractivity contribution < 1.29 is 33.0 Å². The SMILES string of the molecule is COc1cc(C(=O)NC[C@@](O)(c2cccc(F)c2)c2cc3c(c(-c4ccc(F)c(Cl)c4Cl)n2)OC[C@]3(C)C(N)=O)cc2cn(C3CC3)nc12. The average molecular weight is 709 g/mol. The second kappa shape index (κ2) is 12.0. The van der Waals surface area contributed by atoms with Crippen molar-refractivity contribution in [1.82, 2.24) is 20.1 Å². The first-order valence-electron chi connectivity index (χ1n) is 15.3. The van der Waals surface area contributed by atoms with Crippen LogP contribution >= 0.6 is 23.2 Å². The maximum absolute atomic E-state index is 14.7. The summed E-state index contributed by atoms with van der Waals surface area (Å²) in [6, 6.07) is 12.5. The Morgan fingerprint density at radius 2 is 1.94 bits per heavy atom. The van der Waals surface area contributed by atoms with E-state index in [1.807, 2.05) is 10.9 Å². The molecule has 49 heavy (non-hydrogen) atoms. The van der Waals surface area contributed by atoms with E-state index in [-0.39, 0.29) is 56.0 Å². The summed E-state index contributed by atoms with van der Waals surface area (Å²) in [5.41, 5.74) is 3.40. The first-order chi connectivity index (χ1) is 23.3. The zero-order valence-electron chi connectivity index (χ0n) is 26.2. The van der Waals surface area contributed by atoms with E-state index in [1.165, 1.54) is 37.4 Å². The lowest BCUT2D eigenvalue weighted by Crippen LogP contribution is -2.43. The van der Waals surface area contributed by atoms with Crippen molar-refractivity contribution in [3.05, 3.63) is 105 Å². The van der Waals surface area contributed by atoms with E-state index in [1.54, 1.807) is 19.1 Å². The molecule has 0 saturated heterocycles. The number of halogens is 4. The summed E-state index contributed by atoms with van der Waals surface area (Å²) in [6.07, 6.45) is 3.90. The molecule has 14 heteroatoms. The maximum atomic E-state index is 14.7. The number of primary amides is 1. The van der Waals surface area contributed by atoms with Crippen LogP contribution in [0.1, 0.15) is 53.0 Å². The Kier molecular flexibility index (Phi) is 8.00. The minimum atomic E-state index is -2.20. The normalized spacial score (nSPS) is 18.1. The highest BCUT2D eigenvalue weighted by Crippen LogP contribution is 2.48. The number of nitrogens with one attached hydrogen (secondary N) is 1. The number of nitrogens with zero attached hydrogens (tertiary/aromatic N) is 3. The van der Waals surface area contributed by atoms with Gasteiger partial charge in [-0.1, -0.05) is 35.3 Å². The Balaban J connectivity index is 1.35. The van der Waals surface area contributed by atoms with Crippen LogP contribution in [0.4, 0.5) is 8.78 Å². The van der Waals surface area contributed by atoms with Gasteiger partial charge in [-0.2, -0.15) is 5.10 Å². The fourth-order valence-corrected chi connectivity index (χ4v) is 6.43. The Bertz CT molecular complexity index is 2190. The van der Waals surface area contributed by atoms with Gasteiger partial charge in [-0.25, -0.2) is 13.8 Å². The number of aromatic nitrogens is 3. The van der Waals surface area contributed by atoms with Gasteiger partial charge in [-0.15, -0.1) is 0 Å². The summed E-state index contributed by atoms with van der Waals surface area (Å²) in [4.78, 5) is 31.2. The van der Waals surface area contributed by atoms with Crippen LogP contribution in [0.5, 0.6) is 11.5 Å². The fraction of sp³-hybridized carbons (Fsp3) is 0.257. The number of benzene rings is 3. The lowest BCUT2D eigenvalue weighted by atomic mass is 9.80. The largest absolute Gasteiger partial charge is 0.494 e. The molecule has 10 nitrogen and oxygen atoms in total. The van der Waals surface area contributed by atoms with E-state index >= 15 is 0 Å². The molecule has 0 radical (unpaired) electrons. The molecular weight excluding hydrogens is 679 g/mol. The third-order valence-corrected chi connectivity index (χ3v) is 9.99. The second-order valence-electron chi connectivity index (χ2n) is 12.5. The van der Waals surface area contributed by atoms with Crippen molar-refractivity contribution in [3.63, 3.8) is 0 Å². The number of ether oxygens (including phenoxy) is 2. The molecule has 2 aliphatic rings. The van der Waals surface area contributed by atoms with Gasteiger partial charge in [0.25, 0.3) is 5.91 Å². The molecule has 3 heterocycles. The number of hydrogen-bond acceptors (Lipinski definition) is 7. The molecule has 0 bridgehead atoms. The highest BCUT2D eigenvalue weighted by molar-refractivity contribution is 6.43. The van der Waals surface area contributed by atoms with Gasteiger partial charge in [-0.3, -0.25) is 14.3 Å². The van der Waals surface area contributed by atoms with Crippen molar-refractivity contribution in [2.45, 2.75) is 36.8 Å². The van der Waals surface area contributed by atoms with E-state index in [0.29, 0.717) is 22.7 Å². The molecule has 1 saturated carbocycles. The molecule has 5 aromatic rings. The predicted molar refractivity (Wildman–Crippen MR) is 178 cm³/mol. The van der Waals surface area contributed by atoms with Gasteiger partial charge in [0.2, 0.25) is 5.91 Å². The smallest absolute Gasteiger partial charge is 0.251 e. The Labute approximate surface area is 288 Å². The molecular formula is C35H29Cl2F2N5O5. The van der Waals surface area contributed by atoms with Crippen molar-refractivity contribution in [2.75, 3.05) is 20.3 Å². The highest BCUT2D eigenvalue weighted by Gasteiger charge is 2.46. The molecule has 0 unspecified atom stereocenters. The molecule has 1 aliphatic heterocycles. The topological polar surface area (TPSA) is 142 Å². The zero-order valence-corrected chi connectivity index (χ0v) is 27.7. The van der Waals surface area contributed by atoms with Crippen LogP contribution in [-0.2, 0) is 15.8 Å². The number of rotatable bonds is 9. The number of nitrogens with two attached hydrogens (primary N) is 1. The van der Waals surface area contributed by atoms with Crippen LogP contribution in [0.2, 0.25) is 10.0 Å². The predicted octanol–water partition coefficient (Wildman–Crippen LogP) is 5.83. The van der Waals surface area contributed by atoms with E-state index in [9.17, 15) is 23.5 Å². The van der Waals surface area contributed by atoms with Gasteiger partial charge in [0.1, 0.15) is 52.0 Å². The number of carbonyl (C=O) groups is 2. The quantitative estimate of drug-likeness (QED) is 0.164. The number of aliphatic hydroxyl groups is 1. The number of fused-ring (bicyclic) bond motifs is 2. The lowest BCUT2D eigenvalue weighted by Gasteiger charge is -2.30. The lowest BCUT2D eigenvalue weighted by molar-refractivity contribution is -0.123. The molecule has 1 fully saturated rings. The summed E-state index contributed by atoms with van der Waals surface area (Å²) in [5, 5.41) is 20.0. The molecule has 7 rings (SSSR count). The van der Waals surface area contributed by atoms with E-state index in [2.05, 4.69) is 10.4 Å². The van der Waals surface area contributed by atoms with Gasteiger partial charge in [0, 0.05) is 28.3 Å². The molecule has 4 N–H and O–H groups in total. The van der Waals surface area contributed by atoms with Crippen LogP contribution in [-0.4, -0.2) is 51.9 Å². The highest BCUT2D eigenvalue weighted by atomic mass is 35.5. The molecule has 1 aliphatic carbocycles. The molecule has 0 spiro atoms. The molecule has 2 amide bonds. The van der Waals surface area contributed by atoms with Crippen molar-refractivity contribution in [1.29, 1.82) is 0 Å². The molecule has 2 atom stereocenters. The summed E-state index contributed by atoms with van der Waals surface area (Å²) < 4.78 is 42.4. The van der Waals surface area contributed by atoms with Gasteiger partial charge in [0.15, 0.2) is 0 Å². The first kappa shape index (κ1) is 32.8. The molecule has 3 aromatic carbocycles. The van der Waals surface area contributed by atoms with Gasteiger partial charge in [-0.05, 0) is 67.8 Å². The number of carbonyl (C=O) groups excluding carboxylic acids is 2. The van der Waals surface area contributed by atoms with Crippen molar-refractivity contribution in [3.8, 4) is 22.8 Å². The summed E-state index contributed by atoms with van der Waals surface area (Å²) in [5.74, 6) is -2.23. The number of amides is 2. The maximum Gasteiger partial charge on any atom is 0.251 e. The van der Waals surface area contributed by atoms with Crippen LogP contribution < -0.4 is 20.5 Å². The summed E-state index contributed by atoms with van der Waals surface area (Å²) in [7, 11) is 1.48. The van der Waals surface area contributed by atoms with Crippen LogP contribution in [0, 0.1) is 11.6 Å². The van der Waals surface area contributed by atoms with Crippen LogP contribution in [0.25, 0.3) is 22.2 Å². The van der Waals surface area contributed by atoms with Gasteiger partial charge < -0.3 is 25.6 Å². The van der Waals surface area contributed by atoms with E-state index in [0.717, 1.165) is 25.0 Å². The van der Waals surface area contributed by atoms with Gasteiger partial charge >= 0.3 is 0 Å². The standard InChI is InChI=1S/C35H29Cl2F2N5O5/c1-34(33(40)46)16-49-31-23(34)13-26(42-30(31)22-8-9-24(39)28(37)27(22)36)35(47,19-4-3-5-20(38)12-19)15-41-32(45)17-10-18-14-44(21-6-7-21)43-29(18)25(11-17)48-2/h3-5,8-14,21,47H,6-7,15-16H2,1-2H3,(H2,40,46)(H,41,45)/t34-,35+/m0/s1. The third-order valence-electron chi connectivity index (χ3n) is 9.13. The van der Waals surface area contributed by atoms with E-state index < -0.39 is 41.0 Å². The second-order valence-corrected chi connectivity index (χ2v) is 13.2. The van der Waals surface area contributed by atoms with Crippen molar-refractivity contribution in [2.24, 2.45) is 5.73 Å². The summed E-state index contributed by atoms with van der Waals surface area (Å²) in [6.45, 7) is 0.888. The Hall–Kier alpha value is -4.78. The average Bonchev–Trinajstić information content (AvgIpc) is 3.76. The van der Waals surface area contributed by atoms with Crippen LogP contribution in [0.15, 0.2) is 60.8 Å². The van der Waals surface area contributed by atoms with Crippen molar-refractivity contribution >= 4 is 45.9 Å². The summed E-state index contributed by atoms with van der Waals surface area (Å²) >= 11 is 12.6. The minimum Gasteiger partial charge on any atom is -0.494 e. The van der Waals surface area contributed by atoms with E-state index in [4.69, 9.17) is 43.4 Å². The van der Waals surface area contributed by atoms with Gasteiger partial charge in [0.05, 0.1) is 35.4 Å². The molecule has 2 aromatic heterocycles.